The Morgan fingerprint density at radius 1 is 1.05 bits per heavy atom. The standard InChI is InChI=1S/C16H19N3O2S/c17-22(20,21)18-11-13-5-7-14(8-6-13)12-19-10-9-15-3-1-2-4-16(15)19/h1-8,18H,9-12H2,(H2,17,20,21). The lowest BCUT2D eigenvalue weighted by Gasteiger charge is -2.19. The summed E-state index contributed by atoms with van der Waals surface area (Å²) in [6.07, 6.45) is 1.09. The van der Waals surface area contributed by atoms with Crippen molar-refractivity contribution in [3.8, 4) is 0 Å². The van der Waals surface area contributed by atoms with Gasteiger partial charge in [-0.15, -0.1) is 0 Å². The van der Waals surface area contributed by atoms with Crippen LogP contribution in [-0.4, -0.2) is 15.0 Å². The van der Waals surface area contributed by atoms with E-state index in [2.05, 4.69) is 33.9 Å². The summed E-state index contributed by atoms with van der Waals surface area (Å²) in [6, 6.07) is 16.4. The first-order chi connectivity index (χ1) is 10.5. The molecule has 3 N–H and O–H groups in total. The number of rotatable bonds is 5. The molecule has 1 aliphatic heterocycles. The highest BCUT2D eigenvalue weighted by Gasteiger charge is 2.17. The zero-order valence-corrected chi connectivity index (χ0v) is 13.0. The zero-order chi connectivity index (χ0) is 15.6. The zero-order valence-electron chi connectivity index (χ0n) is 12.2. The van der Waals surface area contributed by atoms with Crippen molar-refractivity contribution in [1.82, 2.24) is 4.72 Å². The highest BCUT2D eigenvalue weighted by atomic mass is 32.2. The lowest BCUT2D eigenvalue weighted by molar-refractivity contribution is 0.583. The fourth-order valence-corrected chi connectivity index (χ4v) is 3.11. The van der Waals surface area contributed by atoms with Crippen molar-refractivity contribution in [2.45, 2.75) is 19.5 Å². The SMILES string of the molecule is NS(=O)(=O)NCc1ccc(CN2CCc3ccccc32)cc1. The average molecular weight is 317 g/mol. The van der Waals surface area contributed by atoms with Crippen molar-refractivity contribution in [2.75, 3.05) is 11.4 Å². The van der Waals surface area contributed by atoms with Gasteiger partial charge in [0.2, 0.25) is 0 Å². The summed E-state index contributed by atoms with van der Waals surface area (Å²) in [5.74, 6) is 0. The van der Waals surface area contributed by atoms with Crippen LogP contribution in [0, 0.1) is 0 Å². The van der Waals surface area contributed by atoms with Crippen LogP contribution < -0.4 is 14.8 Å². The van der Waals surface area contributed by atoms with E-state index in [0.29, 0.717) is 0 Å². The van der Waals surface area contributed by atoms with Crippen molar-refractivity contribution in [1.29, 1.82) is 0 Å². The second kappa shape index (κ2) is 6.08. The van der Waals surface area contributed by atoms with Crippen LogP contribution in [0.3, 0.4) is 0 Å². The molecular formula is C16H19N3O2S. The van der Waals surface area contributed by atoms with Gasteiger partial charge in [0, 0.05) is 25.3 Å². The maximum absolute atomic E-state index is 10.9. The highest BCUT2D eigenvalue weighted by Crippen LogP contribution is 2.28. The van der Waals surface area contributed by atoms with Gasteiger partial charge in [-0.05, 0) is 29.2 Å². The number of nitrogens with one attached hydrogen (secondary N) is 1. The van der Waals surface area contributed by atoms with E-state index in [-0.39, 0.29) is 6.54 Å². The lowest BCUT2D eigenvalue weighted by atomic mass is 10.1. The molecule has 0 fully saturated rings. The number of nitrogens with zero attached hydrogens (tertiary/aromatic N) is 1. The first-order valence-electron chi connectivity index (χ1n) is 7.19. The Labute approximate surface area is 130 Å². The monoisotopic (exact) mass is 317 g/mol. The van der Waals surface area contributed by atoms with Crippen molar-refractivity contribution >= 4 is 15.9 Å². The van der Waals surface area contributed by atoms with E-state index in [1.54, 1.807) is 0 Å². The molecule has 3 rings (SSSR count). The summed E-state index contributed by atoms with van der Waals surface area (Å²) >= 11 is 0. The topological polar surface area (TPSA) is 75.4 Å². The summed E-state index contributed by atoms with van der Waals surface area (Å²) in [5, 5.41) is 4.92. The Kier molecular flexibility index (Phi) is 4.15. The van der Waals surface area contributed by atoms with E-state index in [0.717, 1.165) is 25.1 Å². The van der Waals surface area contributed by atoms with Crippen molar-refractivity contribution in [2.24, 2.45) is 5.14 Å². The molecule has 0 amide bonds. The molecule has 116 valence electrons. The van der Waals surface area contributed by atoms with Crippen LogP contribution in [-0.2, 0) is 29.7 Å². The first-order valence-corrected chi connectivity index (χ1v) is 8.74. The van der Waals surface area contributed by atoms with Gasteiger partial charge < -0.3 is 4.90 Å². The van der Waals surface area contributed by atoms with E-state index in [1.807, 2.05) is 24.3 Å². The fourth-order valence-electron chi connectivity index (χ4n) is 2.74. The molecule has 0 radical (unpaired) electrons. The van der Waals surface area contributed by atoms with Gasteiger partial charge in [-0.1, -0.05) is 42.5 Å². The molecule has 0 unspecified atom stereocenters. The highest BCUT2D eigenvalue weighted by molar-refractivity contribution is 7.87. The van der Waals surface area contributed by atoms with Crippen molar-refractivity contribution in [3.05, 3.63) is 65.2 Å². The van der Waals surface area contributed by atoms with Crippen molar-refractivity contribution in [3.63, 3.8) is 0 Å². The van der Waals surface area contributed by atoms with Crippen LogP contribution >= 0.6 is 0 Å². The number of nitrogens with two attached hydrogens (primary N) is 1. The Bertz CT molecular complexity index is 757. The summed E-state index contributed by atoms with van der Waals surface area (Å²) in [7, 11) is -3.64. The minimum atomic E-state index is -3.64. The second-order valence-electron chi connectivity index (χ2n) is 5.48. The minimum absolute atomic E-state index is 0.214. The van der Waals surface area contributed by atoms with Crippen LogP contribution in [0.5, 0.6) is 0 Å². The van der Waals surface area contributed by atoms with Crippen molar-refractivity contribution < 1.29 is 8.42 Å². The van der Waals surface area contributed by atoms with E-state index < -0.39 is 10.2 Å². The second-order valence-corrected chi connectivity index (χ2v) is 6.86. The molecule has 0 spiro atoms. The molecule has 0 bridgehead atoms. The van der Waals surface area contributed by atoms with Gasteiger partial charge in [0.1, 0.15) is 0 Å². The van der Waals surface area contributed by atoms with Gasteiger partial charge in [-0.2, -0.15) is 13.1 Å². The molecule has 1 aliphatic rings. The van der Waals surface area contributed by atoms with Gasteiger partial charge >= 0.3 is 0 Å². The summed E-state index contributed by atoms with van der Waals surface area (Å²) in [4.78, 5) is 2.37. The van der Waals surface area contributed by atoms with E-state index in [4.69, 9.17) is 5.14 Å². The molecule has 0 aliphatic carbocycles. The third-order valence-electron chi connectivity index (χ3n) is 3.86. The average Bonchev–Trinajstić information content (AvgIpc) is 2.89. The smallest absolute Gasteiger partial charge is 0.274 e. The predicted octanol–water partition coefficient (Wildman–Crippen LogP) is 1.54. The largest absolute Gasteiger partial charge is 0.367 e. The van der Waals surface area contributed by atoms with Gasteiger partial charge in [0.15, 0.2) is 0 Å². The van der Waals surface area contributed by atoms with Crippen LogP contribution in [0.25, 0.3) is 0 Å². The quantitative estimate of drug-likeness (QED) is 0.878. The number of para-hydroxylation sites is 1. The normalized spacial score (nSPS) is 14.1. The predicted molar refractivity (Wildman–Crippen MR) is 87.6 cm³/mol. The molecule has 0 aromatic heterocycles. The first kappa shape index (κ1) is 15.0. The van der Waals surface area contributed by atoms with Crippen LogP contribution in [0.4, 0.5) is 5.69 Å². The van der Waals surface area contributed by atoms with Gasteiger partial charge in [-0.25, -0.2) is 5.14 Å². The number of anilines is 1. The molecule has 2 aromatic carbocycles. The van der Waals surface area contributed by atoms with Crippen LogP contribution in [0.1, 0.15) is 16.7 Å². The van der Waals surface area contributed by atoms with Crippen LogP contribution in [0.2, 0.25) is 0 Å². The summed E-state index contributed by atoms with van der Waals surface area (Å²) in [5.41, 5.74) is 4.80. The number of hydrogen-bond donors (Lipinski definition) is 2. The third kappa shape index (κ3) is 3.65. The molecule has 1 heterocycles. The van der Waals surface area contributed by atoms with Gasteiger partial charge in [0.25, 0.3) is 10.2 Å². The lowest BCUT2D eigenvalue weighted by Crippen LogP contribution is -2.30. The summed E-state index contributed by atoms with van der Waals surface area (Å²) in [6.45, 7) is 2.11. The molecule has 0 saturated carbocycles. The van der Waals surface area contributed by atoms with E-state index in [9.17, 15) is 8.42 Å². The molecule has 2 aromatic rings. The van der Waals surface area contributed by atoms with Crippen LogP contribution in [0.15, 0.2) is 48.5 Å². The third-order valence-corrected chi connectivity index (χ3v) is 4.40. The molecule has 22 heavy (non-hydrogen) atoms. The fraction of sp³-hybridized carbons (Fsp3) is 0.250. The Morgan fingerprint density at radius 3 is 2.45 bits per heavy atom. The van der Waals surface area contributed by atoms with E-state index >= 15 is 0 Å². The number of benzene rings is 2. The molecular weight excluding hydrogens is 298 g/mol. The Morgan fingerprint density at radius 2 is 1.73 bits per heavy atom. The van der Waals surface area contributed by atoms with Gasteiger partial charge in [-0.3, -0.25) is 0 Å². The minimum Gasteiger partial charge on any atom is -0.367 e. The summed E-state index contributed by atoms with van der Waals surface area (Å²) < 4.78 is 24.0. The maximum Gasteiger partial charge on any atom is 0.274 e. The number of fused-ring (bicyclic) bond motifs is 1. The van der Waals surface area contributed by atoms with E-state index in [1.165, 1.54) is 16.8 Å². The molecule has 0 saturated heterocycles. The molecule has 0 atom stereocenters. The molecule has 6 heteroatoms. The number of hydrogen-bond acceptors (Lipinski definition) is 3. The Balaban J connectivity index is 1.65. The van der Waals surface area contributed by atoms with Gasteiger partial charge in [0.05, 0.1) is 0 Å². The Hall–Kier alpha value is -1.89. The maximum atomic E-state index is 10.9. The molecule has 5 nitrogen and oxygen atoms in total.